The summed E-state index contributed by atoms with van der Waals surface area (Å²) in [7, 11) is 1.76. The molecule has 0 unspecified atom stereocenters. The third kappa shape index (κ3) is 7.19. The lowest BCUT2D eigenvalue weighted by Crippen LogP contribution is -2.44. The number of H-pyrrole nitrogens is 1. The molecule has 0 saturated heterocycles. The lowest BCUT2D eigenvalue weighted by Gasteiger charge is -2.21. The smallest absolute Gasteiger partial charge is 0.191 e. The molecule has 0 aliphatic heterocycles. The Morgan fingerprint density at radius 2 is 1.88 bits per heavy atom. The second-order valence-electron chi connectivity index (χ2n) is 6.86. The van der Waals surface area contributed by atoms with Gasteiger partial charge in [-0.15, -0.1) is 24.0 Å². The van der Waals surface area contributed by atoms with Crippen molar-refractivity contribution in [2.75, 3.05) is 26.7 Å². The van der Waals surface area contributed by atoms with Gasteiger partial charge in [0.1, 0.15) is 5.82 Å². The lowest BCUT2D eigenvalue weighted by atomic mass is 10.1. The van der Waals surface area contributed by atoms with Crippen LogP contribution in [0.5, 0.6) is 0 Å². The summed E-state index contributed by atoms with van der Waals surface area (Å²) in [6.45, 7) is 8.88. The van der Waals surface area contributed by atoms with Crippen LogP contribution in [0.3, 0.4) is 0 Å². The number of guanidine groups is 1. The van der Waals surface area contributed by atoms with Crippen LogP contribution in [-0.4, -0.2) is 43.2 Å². The van der Waals surface area contributed by atoms with E-state index in [4.69, 9.17) is 0 Å². The molecule has 0 spiro atoms. The third-order valence-electron chi connectivity index (χ3n) is 3.71. The number of aliphatic imine (C=N–C) groups is 1. The van der Waals surface area contributed by atoms with Gasteiger partial charge < -0.3 is 20.9 Å². The molecule has 1 aromatic heterocycles. The zero-order valence-corrected chi connectivity index (χ0v) is 17.7. The Kier molecular flexibility index (Phi) is 8.64. The van der Waals surface area contributed by atoms with Gasteiger partial charge in [0.05, 0.1) is 0 Å². The van der Waals surface area contributed by atoms with Crippen molar-refractivity contribution in [2.24, 2.45) is 4.99 Å². The first kappa shape index (κ1) is 21.7. The maximum atomic E-state index is 13.2. The van der Waals surface area contributed by atoms with Crippen molar-refractivity contribution in [3.8, 4) is 0 Å². The van der Waals surface area contributed by atoms with Crippen LogP contribution in [0.1, 0.15) is 26.3 Å². The van der Waals surface area contributed by atoms with Crippen LogP contribution in [0.25, 0.3) is 10.9 Å². The highest BCUT2D eigenvalue weighted by molar-refractivity contribution is 14.0. The minimum absolute atomic E-state index is 0. The molecule has 4 N–H and O–H groups in total. The van der Waals surface area contributed by atoms with Crippen molar-refractivity contribution in [3.63, 3.8) is 0 Å². The summed E-state index contributed by atoms with van der Waals surface area (Å²) in [6.07, 6.45) is 2.78. The number of benzene rings is 1. The van der Waals surface area contributed by atoms with Gasteiger partial charge in [0.2, 0.25) is 0 Å². The summed E-state index contributed by atoms with van der Waals surface area (Å²) in [5.41, 5.74) is 2.12. The van der Waals surface area contributed by atoms with E-state index in [1.54, 1.807) is 7.05 Å². The van der Waals surface area contributed by atoms with Crippen LogP contribution >= 0.6 is 24.0 Å². The molecule has 25 heavy (non-hydrogen) atoms. The molecule has 1 aromatic carbocycles. The fourth-order valence-electron chi connectivity index (χ4n) is 2.52. The number of rotatable bonds is 6. The molecule has 5 nitrogen and oxygen atoms in total. The summed E-state index contributed by atoms with van der Waals surface area (Å²) in [4.78, 5) is 7.34. The van der Waals surface area contributed by atoms with E-state index < -0.39 is 0 Å². The molecular formula is C18H29FIN5. The second kappa shape index (κ2) is 9.96. The van der Waals surface area contributed by atoms with Crippen molar-refractivity contribution in [1.29, 1.82) is 0 Å². The van der Waals surface area contributed by atoms with E-state index in [0.717, 1.165) is 42.9 Å². The van der Waals surface area contributed by atoms with Crippen LogP contribution in [0, 0.1) is 5.82 Å². The molecule has 2 rings (SSSR count). The average molecular weight is 461 g/mol. The summed E-state index contributed by atoms with van der Waals surface area (Å²) in [6, 6.07) is 4.84. The van der Waals surface area contributed by atoms with Crippen molar-refractivity contribution in [1.82, 2.24) is 20.9 Å². The number of hydrogen-bond acceptors (Lipinski definition) is 2. The molecule has 0 atom stereocenters. The summed E-state index contributed by atoms with van der Waals surface area (Å²) < 4.78 is 13.2. The van der Waals surface area contributed by atoms with E-state index in [9.17, 15) is 4.39 Å². The second-order valence-corrected chi connectivity index (χ2v) is 6.86. The largest absolute Gasteiger partial charge is 0.361 e. The number of halogens is 2. The fraction of sp³-hybridized carbons (Fsp3) is 0.500. The quantitative estimate of drug-likeness (QED) is 0.232. The van der Waals surface area contributed by atoms with Gasteiger partial charge in [-0.05, 0) is 51.0 Å². The normalized spacial score (nSPS) is 12.1. The lowest BCUT2D eigenvalue weighted by molar-refractivity contribution is 0.428. The highest BCUT2D eigenvalue weighted by atomic mass is 127. The molecule has 0 aliphatic rings. The van der Waals surface area contributed by atoms with Crippen LogP contribution in [0.15, 0.2) is 29.4 Å². The van der Waals surface area contributed by atoms with Crippen LogP contribution in [0.2, 0.25) is 0 Å². The Bertz CT molecular complexity index is 690. The molecule has 0 amide bonds. The number of nitrogens with zero attached hydrogens (tertiary/aromatic N) is 1. The van der Waals surface area contributed by atoms with Crippen LogP contribution in [-0.2, 0) is 6.42 Å². The van der Waals surface area contributed by atoms with Crippen molar-refractivity contribution < 1.29 is 4.39 Å². The van der Waals surface area contributed by atoms with Gasteiger partial charge in [-0.25, -0.2) is 4.39 Å². The van der Waals surface area contributed by atoms with Gasteiger partial charge in [-0.2, -0.15) is 0 Å². The Balaban J connectivity index is 0.00000312. The Labute approximate surface area is 166 Å². The van der Waals surface area contributed by atoms with E-state index >= 15 is 0 Å². The van der Waals surface area contributed by atoms with E-state index in [1.165, 1.54) is 17.7 Å². The zero-order chi connectivity index (χ0) is 17.6. The molecule has 0 aliphatic carbocycles. The van der Waals surface area contributed by atoms with Gasteiger partial charge in [0, 0.05) is 49.3 Å². The van der Waals surface area contributed by atoms with Gasteiger partial charge in [0.25, 0.3) is 0 Å². The van der Waals surface area contributed by atoms with Gasteiger partial charge >= 0.3 is 0 Å². The minimum atomic E-state index is -0.220. The molecule has 0 saturated carbocycles. The SMILES string of the molecule is CN=C(NCCNC(C)(C)C)NCCc1c[nH]c2cc(F)ccc12.I. The Hall–Kier alpha value is -1.35. The molecule has 2 aromatic rings. The Morgan fingerprint density at radius 1 is 1.16 bits per heavy atom. The molecular weight excluding hydrogens is 432 g/mol. The van der Waals surface area contributed by atoms with Crippen LogP contribution in [0.4, 0.5) is 4.39 Å². The number of hydrogen-bond donors (Lipinski definition) is 4. The fourth-order valence-corrected chi connectivity index (χ4v) is 2.52. The predicted octanol–water partition coefficient (Wildman–Crippen LogP) is 3.02. The molecule has 7 heteroatoms. The van der Waals surface area contributed by atoms with Crippen molar-refractivity contribution in [3.05, 3.63) is 35.8 Å². The van der Waals surface area contributed by atoms with Gasteiger partial charge in [-0.1, -0.05) is 0 Å². The van der Waals surface area contributed by atoms with Crippen molar-refractivity contribution >= 4 is 40.8 Å². The molecule has 0 bridgehead atoms. The predicted molar refractivity (Wildman–Crippen MR) is 114 cm³/mol. The van der Waals surface area contributed by atoms with E-state index in [-0.39, 0.29) is 35.3 Å². The highest BCUT2D eigenvalue weighted by Crippen LogP contribution is 2.19. The summed E-state index contributed by atoms with van der Waals surface area (Å²) in [5, 5.41) is 11.1. The third-order valence-corrected chi connectivity index (χ3v) is 3.71. The van der Waals surface area contributed by atoms with E-state index in [0.29, 0.717) is 0 Å². The van der Waals surface area contributed by atoms with Crippen molar-refractivity contribution in [2.45, 2.75) is 32.7 Å². The first-order chi connectivity index (χ1) is 11.4. The van der Waals surface area contributed by atoms with E-state index in [1.807, 2.05) is 12.3 Å². The first-order valence-electron chi connectivity index (χ1n) is 8.34. The maximum Gasteiger partial charge on any atom is 0.191 e. The average Bonchev–Trinajstić information content (AvgIpc) is 2.90. The monoisotopic (exact) mass is 461 g/mol. The number of fused-ring (bicyclic) bond motifs is 1. The zero-order valence-electron chi connectivity index (χ0n) is 15.4. The number of aromatic nitrogens is 1. The molecule has 1 heterocycles. The summed E-state index contributed by atoms with van der Waals surface area (Å²) in [5.74, 6) is 0.569. The molecule has 0 radical (unpaired) electrons. The van der Waals surface area contributed by atoms with Gasteiger partial charge in [0.15, 0.2) is 5.96 Å². The maximum absolute atomic E-state index is 13.2. The minimum Gasteiger partial charge on any atom is -0.361 e. The topological polar surface area (TPSA) is 64.2 Å². The highest BCUT2D eigenvalue weighted by Gasteiger charge is 2.08. The van der Waals surface area contributed by atoms with Gasteiger partial charge in [-0.3, -0.25) is 4.99 Å². The summed E-state index contributed by atoms with van der Waals surface area (Å²) >= 11 is 0. The van der Waals surface area contributed by atoms with E-state index in [2.05, 4.69) is 46.7 Å². The standard InChI is InChI=1S/C18H28FN5.HI/c1-18(2,3)24-10-9-22-17(20-4)21-8-7-13-12-23-16-11-14(19)5-6-15(13)16;/h5-6,11-12,23-24H,7-10H2,1-4H3,(H2,20,21,22);1H. The Morgan fingerprint density at radius 3 is 2.56 bits per heavy atom. The number of aromatic amines is 1. The first-order valence-corrected chi connectivity index (χ1v) is 8.34. The number of nitrogens with one attached hydrogen (secondary N) is 4. The molecule has 140 valence electrons. The molecule has 0 fully saturated rings. The van der Waals surface area contributed by atoms with Crippen LogP contribution < -0.4 is 16.0 Å².